The summed E-state index contributed by atoms with van der Waals surface area (Å²) in [4.78, 5) is 2.39. The molecule has 0 aromatic carbocycles. The molecule has 78 valence electrons. The molecule has 3 heteroatoms. The molecule has 0 bridgehead atoms. The summed E-state index contributed by atoms with van der Waals surface area (Å²) in [7, 11) is 2.18. The number of nitrogens with one attached hydrogen (secondary N) is 1. The highest BCUT2D eigenvalue weighted by molar-refractivity contribution is 4.82. The van der Waals surface area contributed by atoms with E-state index in [1.54, 1.807) is 0 Å². The number of piperidine rings is 1. The lowest BCUT2D eigenvalue weighted by molar-refractivity contribution is 0.152. The fourth-order valence-electron chi connectivity index (χ4n) is 1.90. The quantitative estimate of drug-likeness (QED) is 0.671. The van der Waals surface area contributed by atoms with Crippen LogP contribution in [0.4, 0.5) is 0 Å². The lowest BCUT2D eigenvalue weighted by atomic mass is 9.98. The Bertz CT molecular complexity index is 150. The molecule has 3 atom stereocenters. The van der Waals surface area contributed by atoms with Gasteiger partial charge >= 0.3 is 0 Å². The zero-order chi connectivity index (χ0) is 9.84. The first-order valence-electron chi connectivity index (χ1n) is 5.20. The molecule has 2 unspecified atom stereocenters. The SMILES string of the molecule is CC1CC(N[C@@H](C)CO)CCN1C. The lowest BCUT2D eigenvalue weighted by Crippen LogP contribution is -2.48. The van der Waals surface area contributed by atoms with Crippen LogP contribution >= 0.6 is 0 Å². The van der Waals surface area contributed by atoms with Crippen LogP contribution in [0.5, 0.6) is 0 Å². The smallest absolute Gasteiger partial charge is 0.0582 e. The Balaban J connectivity index is 2.29. The van der Waals surface area contributed by atoms with Gasteiger partial charge in [-0.1, -0.05) is 0 Å². The van der Waals surface area contributed by atoms with Gasteiger partial charge in [-0.2, -0.15) is 0 Å². The van der Waals surface area contributed by atoms with Crippen LogP contribution in [0.1, 0.15) is 26.7 Å². The molecule has 0 aromatic heterocycles. The molecule has 3 nitrogen and oxygen atoms in total. The van der Waals surface area contributed by atoms with Gasteiger partial charge < -0.3 is 15.3 Å². The van der Waals surface area contributed by atoms with Crippen LogP contribution in [-0.4, -0.2) is 48.3 Å². The van der Waals surface area contributed by atoms with E-state index in [9.17, 15) is 0 Å². The minimum absolute atomic E-state index is 0.237. The number of likely N-dealkylation sites (tertiary alicyclic amines) is 1. The van der Waals surface area contributed by atoms with Gasteiger partial charge in [0.1, 0.15) is 0 Å². The zero-order valence-electron chi connectivity index (χ0n) is 8.95. The molecule has 0 saturated carbocycles. The second-order valence-corrected chi connectivity index (χ2v) is 4.30. The van der Waals surface area contributed by atoms with E-state index in [0.717, 1.165) is 6.54 Å². The van der Waals surface area contributed by atoms with Crippen LogP contribution in [0.3, 0.4) is 0 Å². The third kappa shape index (κ3) is 3.25. The highest BCUT2D eigenvalue weighted by Gasteiger charge is 2.23. The molecule has 1 aliphatic rings. The van der Waals surface area contributed by atoms with E-state index in [0.29, 0.717) is 12.1 Å². The van der Waals surface area contributed by atoms with Crippen molar-refractivity contribution in [1.82, 2.24) is 10.2 Å². The molecule has 1 heterocycles. The van der Waals surface area contributed by atoms with Gasteiger partial charge in [0.2, 0.25) is 0 Å². The second-order valence-electron chi connectivity index (χ2n) is 4.30. The van der Waals surface area contributed by atoms with Crippen molar-refractivity contribution in [3.63, 3.8) is 0 Å². The summed E-state index contributed by atoms with van der Waals surface area (Å²) in [6, 6.07) is 1.49. The molecular formula is C10H22N2O. The fraction of sp³-hybridized carbons (Fsp3) is 1.00. The van der Waals surface area contributed by atoms with Gasteiger partial charge in [0.05, 0.1) is 6.61 Å². The van der Waals surface area contributed by atoms with Crippen molar-refractivity contribution < 1.29 is 5.11 Å². The van der Waals surface area contributed by atoms with Crippen molar-refractivity contribution in [1.29, 1.82) is 0 Å². The summed E-state index contributed by atoms with van der Waals surface area (Å²) in [5, 5.41) is 12.4. The highest BCUT2D eigenvalue weighted by atomic mass is 16.3. The molecule has 13 heavy (non-hydrogen) atoms. The van der Waals surface area contributed by atoms with Crippen molar-refractivity contribution in [3.8, 4) is 0 Å². The maximum Gasteiger partial charge on any atom is 0.0582 e. The number of rotatable bonds is 3. The topological polar surface area (TPSA) is 35.5 Å². The average Bonchev–Trinajstić information content (AvgIpc) is 2.11. The third-order valence-corrected chi connectivity index (χ3v) is 3.00. The van der Waals surface area contributed by atoms with Crippen LogP contribution in [0.2, 0.25) is 0 Å². The molecule has 0 aromatic rings. The van der Waals surface area contributed by atoms with Gasteiger partial charge in [-0.25, -0.2) is 0 Å². The Hall–Kier alpha value is -0.120. The molecule has 2 N–H and O–H groups in total. The molecule has 0 amide bonds. The van der Waals surface area contributed by atoms with E-state index in [1.807, 2.05) is 6.92 Å². The molecule has 1 rings (SSSR count). The highest BCUT2D eigenvalue weighted by Crippen LogP contribution is 2.15. The minimum atomic E-state index is 0.237. The number of aliphatic hydroxyl groups excluding tert-OH is 1. The Labute approximate surface area is 81.1 Å². The van der Waals surface area contributed by atoms with E-state index < -0.39 is 0 Å². The van der Waals surface area contributed by atoms with Crippen LogP contribution in [-0.2, 0) is 0 Å². The second kappa shape index (κ2) is 4.94. The largest absolute Gasteiger partial charge is 0.395 e. The first-order valence-corrected chi connectivity index (χ1v) is 5.20. The summed E-state index contributed by atoms with van der Waals surface area (Å²) < 4.78 is 0. The molecule has 0 spiro atoms. The predicted molar refractivity (Wildman–Crippen MR) is 54.8 cm³/mol. The number of nitrogens with zero attached hydrogens (tertiary/aromatic N) is 1. The maximum absolute atomic E-state index is 8.91. The van der Waals surface area contributed by atoms with Crippen molar-refractivity contribution >= 4 is 0 Å². The zero-order valence-corrected chi connectivity index (χ0v) is 8.95. The average molecular weight is 186 g/mol. The van der Waals surface area contributed by atoms with Crippen LogP contribution in [0.15, 0.2) is 0 Å². The van der Waals surface area contributed by atoms with Gasteiger partial charge in [0, 0.05) is 18.1 Å². The Morgan fingerprint density at radius 3 is 2.85 bits per heavy atom. The molecule has 1 saturated heterocycles. The molecular weight excluding hydrogens is 164 g/mol. The van der Waals surface area contributed by atoms with Crippen molar-refractivity contribution in [2.45, 2.75) is 44.8 Å². The van der Waals surface area contributed by atoms with Gasteiger partial charge in [0.15, 0.2) is 0 Å². The van der Waals surface area contributed by atoms with Gasteiger partial charge in [0.25, 0.3) is 0 Å². The van der Waals surface area contributed by atoms with E-state index in [1.165, 1.54) is 12.8 Å². The standard InChI is InChI=1S/C10H22N2O/c1-8(7-13)11-10-4-5-12(3)9(2)6-10/h8-11,13H,4-7H2,1-3H3/t8-,9?,10?/m0/s1. The third-order valence-electron chi connectivity index (χ3n) is 3.00. The molecule has 0 radical (unpaired) electrons. The number of hydrogen-bond acceptors (Lipinski definition) is 3. The lowest BCUT2D eigenvalue weighted by Gasteiger charge is -2.36. The summed E-state index contributed by atoms with van der Waals surface area (Å²) in [6.45, 7) is 5.69. The minimum Gasteiger partial charge on any atom is -0.395 e. The predicted octanol–water partition coefficient (Wildman–Crippen LogP) is 0.440. The van der Waals surface area contributed by atoms with E-state index in [-0.39, 0.29) is 12.6 Å². The van der Waals surface area contributed by atoms with E-state index in [4.69, 9.17) is 5.11 Å². The first kappa shape index (κ1) is 11.0. The Kier molecular flexibility index (Phi) is 4.16. The van der Waals surface area contributed by atoms with Crippen LogP contribution in [0.25, 0.3) is 0 Å². The summed E-state index contributed by atoms with van der Waals surface area (Å²) in [5.74, 6) is 0. The fourth-order valence-corrected chi connectivity index (χ4v) is 1.90. The Morgan fingerprint density at radius 2 is 2.31 bits per heavy atom. The van der Waals surface area contributed by atoms with Crippen molar-refractivity contribution in [3.05, 3.63) is 0 Å². The van der Waals surface area contributed by atoms with Crippen molar-refractivity contribution in [2.75, 3.05) is 20.2 Å². The van der Waals surface area contributed by atoms with E-state index >= 15 is 0 Å². The summed E-state index contributed by atoms with van der Waals surface area (Å²) in [6.07, 6.45) is 2.39. The van der Waals surface area contributed by atoms with Gasteiger partial charge in [-0.3, -0.25) is 0 Å². The van der Waals surface area contributed by atoms with Gasteiger partial charge in [-0.15, -0.1) is 0 Å². The normalized spacial score (nSPS) is 33.2. The van der Waals surface area contributed by atoms with Crippen LogP contribution < -0.4 is 5.32 Å². The number of hydrogen-bond donors (Lipinski definition) is 2. The summed E-state index contributed by atoms with van der Waals surface area (Å²) in [5.41, 5.74) is 0. The molecule has 1 fully saturated rings. The van der Waals surface area contributed by atoms with Gasteiger partial charge in [-0.05, 0) is 40.3 Å². The first-order chi connectivity index (χ1) is 6.13. The van der Waals surface area contributed by atoms with Crippen molar-refractivity contribution in [2.24, 2.45) is 0 Å². The monoisotopic (exact) mass is 186 g/mol. The number of aliphatic hydroxyl groups is 1. The summed E-state index contributed by atoms with van der Waals surface area (Å²) >= 11 is 0. The van der Waals surface area contributed by atoms with E-state index in [2.05, 4.69) is 24.2 Å². The molecule has 0 aliphatic carbocycles. The van der Waals surface area contributed by atoms with Crippen LogP contribution in [0, 0.1) is 0 Å². The maximum atomic E-state index is 8.91. The Morgan fingerprint density at radius 1 is 1.62 bits per heavy atom. The molecule has 1 aliphatic heterocycles.